The van der Waals surface area contributed by atoms with Crippen LogP contribution in [0, 0.1) is 0 Å². The number of benzene rings is 3. The molecule has 56 heavy (non-hydrogen) atoms. The normalized spacial score (nSPS) is 17.7. The van der Waals surface area contributed by atoms with Crippen LogP contribution in [-0.2, 0) is 32.5 Å². The average Bonchev–Trinajstić information content (AvgIpc) is 3.65. The Labute approximate surface area is 332 Å². The van der Waals surface area contributed by atoms with Crippen molar-refractivity contribution in [3.63, 3.8) is 0 Å². The van der Waals surface area contributed by atoms with Crippen molar-refractivity contribution in [2.45, 2.75) is 50.5 Å². The zero-order valence-corrected chi connectivity index (χ0v) is 33.2. The van der Waals surface area contributed by atoms with E-state index in [2.05, 4.69) is 53.6 Å². The average molecular weight is 802 g/mol. The molecular formula is C40H48ClN9O5S. The van der Waals surface area contributed by atoms with E-state index in [9.17, 15) is 18.0 Å². The van der Waals surface area contributed by atoms with Crippen LogP contribution in [0.1, 0.15) is 48.3 Å². The molecule has 0 bridgehead atoms. The number of sulfonamides is 1. The Hall–Kier alpha value is -4.96. The van der Waals surface area contributed by atoms with Crippen LogP contribution in [0.4, 0.5) is 34.5 Å². The van der Waals surface area contributed by atoms with Crippen molar-refractivity contribution in [2.24, 2.45) is 0 Å². The van der Waals surface area contributed by atoms with Crippen LogP contribution in [0.2, 0.25) is 5.02 Å². The SMILES string of the molecule is COc1cc(NCCNC2CCN(CCc3ccc(C4CCC(=O)NC4=O)cc3)CC2)ccc1Nc1ncc(Cl)c(Nc2cccc3c2N(S(C)(=O)=O)CC3)n1. The maximum absolute atomic E-state index is 12.5. The summed E-state index contributed by atoms with van der Waals surface area (Å²) in [5.74, 6) is 0.615. The summed E-state index contributed by atoms with van der Waals surface area (Å²) in [5.41, 5.74) is 5.94. The largest absolute Gasteiger partial charge is 0.494 e. The number of hydrogen-bond acceptors (Lipinski definition) is 12. The molecule has 7 rings (SSSR count). The number of nitrogens with one attached hydrogen (secondary N) is 5. The lowest BCUT2D eigenvalue weighted by atomic mass is 9.90. The monoisotopic (exact) mass is 801 g/mol. The number of rotatable bonds is 15. The number of ether oxygens (including phenoxy) is 1. The second-order valence-corrected chi connectivity index (χ2v) is 16.8. The van der Waals surface area contributed by atoms with Gasteiger partial charge in [-0.05, 0) is 80.1 Å². The van der Waals surface area contributed by atoms with E-state index in [0.717, 1.165) is 68.8 Å². The molecule has 2 amide bonds. The third kappa shape index (κ3) is 9.52. The topological polar surface area (TPSA) is 170 Å². The number of hydrogen-bond donors (Lipinski definition) is 5. The zero-order chi connectivity index (χ0) is 39.2. The number of halogens is 1. The predicted octanol–water partition coefficient (Wildman–Crippen LogP) is 5.18. The second-order valence-electron chi connectivity index (χ2n) is 14.4. The Morgan fingerprint density at radius 3 is 2.50 bits per heavy atom. The van der Waals surface area contributed by atoms with Crippen molar-refractivity contribution in [1.82, 2.24) is 25.5 Å². The Morgan fingerprint density at radius 2 is 1.75 bits per heavy atom. The standard InChI is InChI=1S/C40H48ClN9O5S/c1-55-35-24-30(10-12-33(35)46-40-44-25-32(41)38(48-40)45-34-5-3-4-28-15-23-50(37(28)34)56(2,53)54)43-19-18-42-29-16-21-49(22-17-29)20-14-26-6-8-27(9-7-26)31-11-13-36(51)47-39(31)52/h3-10,12,24-25,29,31,42-43H,11,13-23H2,1-2H3,(H,47,51,52)(H2,44,45,46,48). The van der Waals surface area contributed by atoms with Crippen molar-refractivity contribution in [1.29, 1.82) is 0 Å². The summed E-state index contributed by atoms with van der Waals surface area (Å²) in [6, 6.07) is 20.1. The molecule has 5 N–H and O–H groups in total. The number of para-hydroxylation sites is 1. The van der Waals surface area contributed by atoms with Crippen molar-refractivity contribution < 1.29 is 22.7 Å². The molecular weight excluding hydrogens is 754 g/mol. The molecule has 0 radical (unpaired) electrons. The van der Waals surface area contributed by atoms with Crippen LogP contribution in [0.25, 0.3) is 0 Å². The van der Waals surface area contributed by atoms with E-state index >= 15 is 0 Å². The molecule has 14 nitrogen and oxygen atoms in total. The van der Waals surface area contributed by atoms with E-state index in [0.29, 0.717) is 66.4 Å². The lowest BCUT2D eigenvalue weighted by Crippen LogP contribution is -2.44. The summed E-state index contributed by atoms with van der Waals surface area (Å²) in [5, 5.41) is 16.4. The first-order valence-electron chi connectivity index (χ1n) is 19.0. The van der Waals surface area contributed by atoms with Gasteiger partial charge in [-0.15, -0.1) is 0 Å². The fourth-order valence-electron chi connectivity index (χ4n) is 7.58. The molecule has 0 aliphatic carbocycles. The van der Waals surface area contributed by atoms with Gasteiger partial charge in [0.05, 0.1) is 42.5 Å². The van der Waals surface area contributed by atoms with Crippen LogP contribution in [0.3, 0.4) is 0 Å². The number of piperidine rings is 2. The molecule has 1 atom stereocenters. The second kappa shape index (κ2) is 17.5. The summed E-state index contributed by atoms with van der Waals surface area (Å²) in [6.45, 7) is 5.07. The van der Waals surface area contributed by atoms with Crippen LogP contribution >= 0.6 is 11.6 Å². The summed E-state index contributed by atoms with van der Waals surface area (Å²) < 4.78 is 32.0. The van der Waals surface area contributed by atoms with Gasteiger partial charge in [-0.1, -0.05) is 48.0 Å². The number of fused-ring (bicyclic) bond motifs is 1. The van der Waals surface area contributed by atoms with Crippen LogP contribution in [0.15, 0.2) is 66.9 Å². The summed E-state index contributed by atoms with van der Waals surface area (Å²) in [7, 11) is -1.84. The molecule has 3 aromatic carbocycles. The Balaban J connectivity index is 0.849. The molecule has 296 valence electrons. The van der Waals surface area contributed by atoms with Gasteiger partial charge in [0.15, 0.2) is 5.82 Å². The third-order valence-corrected chi connectivity index (χ3v) is 12.1. The number of likely N-dealkylation sites (tertiary alicyclic amines) is 1. The smallest absolute Gasteiger partial charge is 0.234 e. The number of imide groups is 1. The first-order chi connectivity index (χ1) is 27.0. The molecule has 4 heterocycles. The third-order valence-electron chi connectivity index (χ3n) is 10.6. The highest BCUT2D eigenvalue weighted by molar-refractivity contribution is 7.92. The number of methoxy groups -OCH3 is 1. The molecule has 2 fully saturated rings. The number of carbonyl (C=O) groups excluding carboxylic acids is 2. The van der Waals surface area contributed by atoms with E-state index in [1.807, 2.05) is 42.5 Å². The van der Waals surface area contributed by atoms with Crippen molar-refractivity contribution in [3.05, 3.63) is 88.6 Å². The molecule has 0 spiro atoms. The molecule has 16 heteroatoms. The number of carbonyl (C=O) groups is 2. The minimum absolute atomic E-state index is 0.186. The first kappa shape index (κ1) is 39.3. The zero-order valence-electron chi connectivity index (χ0n) is 31.6. The van der Waals surface area contributed by atoms with Crippen molar-refractivity contribution in [2.75, 3.05) is 72.9 Å². The molecule has 1 unspecified atom stereocenters. The number of nitrogens with zero attached hydrogens (tertiary/aromatic N) is 4. The molecule has 2 saturated heterocycles. The number of aromatic nitrogens is 2. The Kier molecular flexibility index (Phi) is 12.2. The van der Waals surface area contributed by atoms with Gasteiger partial charge in [-0.2, -0.15) is 4.98 Å². The summed E-state index contributed by atoms with van der Waals surface area (Å²) in [6.07, 6.45) is 7.44. The summed E-state index contributed by atoms with van der Waals surface area (Å²) >= 11 is 6.48. The van der Waals surface area contributed by atoms with Crippen LogP contribution in [-0.4, -0.2) is 93.8 Å². The number of amides is 2. The Morgan fingerprint density at radius 1 is 0.946 bits per heavy atom. The van der Waals surface area contributed by atoms with Crippen molar-refractivity contribution in [3.8, 4) is 5.75 Å². The van der Waals surface area contributed by atoms with E-state index < -0.39 is 10.0 Å². The van der Waals surface area contributed by atoms with Gasteiger partial charge in [0, 0.05) is 50.4 Å². The van der Waals surface area contributed by atoms with E-state index in [1.165, 1.54) is 22.3 Å². The maximum Gasteiger partial charge on any atom is 0.234 e. The predicted molar refractivity (Wildman–Crippen MR) is 220 cm³/mol. The molecule has 0 saturated carbocycles. The lowest BCUT2D eigenvalue weighted by molar-refractivity contribution is -0.134. The lowest BCUT2D eigenvalue weighted by Gasteiger charge is -2.32. The minimum Gasteiger partial charge on any atom is -0.494 e. The van der Waals surface area contributed by atoms with Gasteiger partial charge in [0.25, 0.3) is 0 Å². The highest BCUT2D eigenvalue weighted by atomic mass is 35.5. The van der Waals surface area contributed by atoms with Gasteiger partial charge in [0.1, 0.15) is 10.8 Å². The fourth-order valence-corrected chi connectivity index (χ4v) is 8.69. The van der Waals surface area contributed by atoms with Gasteiger partial charge in [-0.3, -0.25) is 19.2 Å². The highest BCUT2D eigenvalue weighted by Gasteiger charge is 2.30. The van der Waals surface area contributed by atoms with Gasteiger partial charge in [0.2, 0.25) is 27.8 Å². The van der Waals surface area contributed by atoms with Crippen LogP contribution < -0.4 is 35.6 Å². The molecule has 4 aromatic rings. The quantitative estimate of drug-likeness (QED) is 0.0791. The van der Waals surface area contributed by atoms with E-state index in [1.54, 1.807) is 13.2 Å². The maximum atomic E-state index is 12.5. The Bertz CT molecular complexity index is 2160. The fraction of sp³-hybridized carbons (Fsp3) is 0.400. The minimum atomic E-state index is -3.45. The van der Waals surface area contributed by atoms with Crippen molar-refractivity contribution >= 4 is 68.0 Å². The van der Waals surface area contributed by atoms with Gasteiger partial charge >= 0.3 is 0 Å². The summed E-state index contributed by atoms with van der Waals surface area (Å²) in [4.78, 5) is 35.1. The van der Waals surface area contributed by atoms with E-state index in [4.69, 9.17) is 16.3 Å². The van der Waals surface area contributed by atoms with Gasteiger partial charge < -0.3 is 30.9 Å². The van der Waals surface area contributed by atoms with Gasteiger partial charge in [-0.25, -0.2) is 13.4 Å². The van der Waals surface area contributed by atoms with Crippen LogP contribution in [0.5, 0.6) is 5.75 Å². The molecule has 1 aromatic heterocycles. The van der Waals surface area contributed by atoms with E-state index in [-0.39, 0.29) is 22.8 Å². The molecule has 3 aliphatic heterocycles. The highest BCUT2D eigenvalue weighted by Crippen LogP contribution is 2.39. The first-order valence-corrected chi connectivity index (χ1v) is 21.2. The molecule has 3 aliphatic rings. The number of anilines is 6.